The Labute approximate surface area is 73.1 Å². The molecule has 6 heteroatoms. The van der Waals surface area contributed by atoms with Gasteiger partial charge in [0.15, 0.2) is 0 Å². The summed E-state index contributed by atoms with van der Waals surface area (Å²) < 4.78 is 48.4. The lowest BCUT2D eigenvalue weighted by atomic mass is 10.3. The van der Waals surface area contributed by atoms with Crippen molar-refractivity contribution in [1.29, 1.82) is 0 Å². The average Bonchev–Trinajstić information content (AvgIpc) is 2.34. The van der Waals surface area contributed by atoms with Crippen molar-refractivity contribution in [2.24, 2.45) is 0 Å². The number of aliphatic hydroxyl groups is 1. The molecule has 1 heterocycles. The third-order valence-electron chi connectivity index (χ3n) is 2.00. The third kappa shape index (κ3) is 2.80. The Morgan fingerprint density at radius 1 is 1.46 bits per heavy atom. The van der Waals surface area contributed by atoms with Gasteiger partial charge >= 0.3 is 12.3 Å². The molecule has 0 saturated carbocycles. The molecule has 2 nitrogen and oxygen atoms in total. The Balaban J connectivity index is 2.40. The number of alkyl halides is 4. The number of hydrogen-bond donors (Lipinski definition) is 1. The summed E-state index contributed by atoms with van der Waals surface area (Å²) in [5, 5.41) is 8.96. The summed E-state index contributed by atoms with van der Waals surface area (Å²) in [5.41, 5.74) is 0. The minimum atomic E-state index is -3.97. The normalized spacial score (nSPS) is 25.8. The fourth-order valence-electron chi connectivity index (χ4n) is 1.32. The smallest absolute Gasteiger partial charge is 0.319 e. The van der Waals surface area contributed by atoms with Gasteiger partial charge in [-0.1, -0.05) is 0 Å². The summed E-state index contributed by atoms with van der Waals surface area (Å²) in [6.45, 7) is -0.659. The molecule has 1 aliphatic heterocycles. The van der Waals surface area contributed by atoms with Gasteiger partial charge < -0.3 is 5.11 Å². The lowest BCUT2D eigenvalue weighted by Crippen LogP contribution is -2.40. The number of β-amino-alcohol motifs (C(OH)–C–C–N with tert-alkyl or cyclic N) is 1. The highest BCUT2D eigenvalue weighted by Gasteiger charge is 2.43. The van der Waals surface area contributed by atoms with E-state index < -0.39 is 25.0 Å². The molecule has 0 amide bonds. The molecule has 1 saturated heterocycles. The van der Waals surface area contributed by atoms with Gasteiger partial charge in [-0.05, 0) is 6.42 Å². The quantitative estimate of drug-likeness (QED) is 0.687. The highest BCUT2D eigenvalue weighted by atomic mass is 19.3. The topological polar surface area (TPSA) is 23.5 Å². The van der Waals surface area contributed by atoms with E-state index in [1.54, 1.807) is 0 Å². The molecular formula is C7H11F4NO. The summed E-state index contributed by atoms with van der Waals surface area (Å²) in [4.78, 5) is 1.15. The van der Waals surface area contributed by atoms with Gasteiger partial charge in [0.1, 0.15) is 0 Å². The Morgan fingerprint density at radius 2 is 2.08 bits per heavy atom. The first-order valence-electron chi connectivity index (χ1n) is 3.98. The second-order valence-corrected chi connectivity index (χ2v) is 3.24. The van der Waals surface area contributed by atoms with Crippen LogP contribution in [-0.2, 0) is 0 Å². The monoisotopic (exact) mass is 201 g/mol. The van der Waals surface area contributed by atoms with Gasteiger partial charge in [-0.15, -0.1) is 0 Å². The molecule has 0 aromatic rings. The second-order valence-electron chi connectivity index (χ2n) is 3.24. The third-order valence-corrected chi connectivity index (χ3v) is 2.00. The molecule has 1 aliphatic rings. The number of aliphatic hydroxyl groups excluding tert-OH is 1. The summed E-state index contributed by atoms with van der Waals surface area (Å²) >= 11 is 0. The SMILES string of the molecule is OC1CCN(CC(F)(F)C(F)F)C1. The van der Waals surface area contributed by atoms with Crippen LogP contribution in [0.2, 0.25) is 0 Å². The summed E-state index contributed by atoms with van der Waals surface area (Å²) in [7, 11) is 0. The van der Waals surface area contributed by atoms with E-state index in [0.717, 1.165) is 4.90 Å². The van der Waals surface area contributed by atoms with Gasteiger partial charge in [0.2, 0.25) is 0 Å². The highest BCUT2D eigenvalue weighted by molar-refractivity contribution is 4.81. The molecule has 0 radical (unpaired) electrons. The van der Waals surface area contributed by atoms with Crippen molar-refractivity contribution < 1.29 is 22.7 Å². The molecule has 1 fully saturated rings. The van der Waals surface area contributed by atoms with Gasteiger partial charge in [0.05, 0.1) is 12.6 Å². The fraction of sp³-hybridized carbons (Fsp3) is 1.00. The molecule has 0 aliphatic carbocycles. The van der Waals surface area contributed by atoms with Crippen LogP contribution in [0.5, 0.6) is 0 Å². The standard InChI is InChI=1S/C7H11F4NO/c8-6(9)7(10,11)4-12-2-1-5(13)3-12/h5-6,13H,1-4H2. The first-order chi connectivity index (χ1) is 5.92. The van der Waals surface area contributed by atoms with E-state index in [4.69, 9.17) is 5.11 Å². The first-order valence-corrected chi connectivity index (χ1v) is 3.98. The van der Waals surface area contributed by atoms with E-state index in [1.807, 2.05) is 0 Å². The summed E-state index contributed by atoms with van der Waals surface area (Å²) in [5.74, 6) is -3.97. The number of nitrogens with zero attached hydrogens (tertiary/aromatic N) is 1. The van der Waals surface area contributed by atoms with Crippen LogP contribution in [0.25, 0.3) is 0 Å². The minimum Gasteiger partial charge on any atom is -0.392 e. The van der Waals surface area contributed by atoms with Crippen molar-refractivity contribution >= 4 is 0 Å². The van der Waals surface area contributed by atoms with Crippen molar-refractivity contribution in [2.75, 3.05) is 19.6 Å². The lowest BCUT2D eigenvalue weighted by molar-refractivity contribution is -0.140. The maximum atomic E-state index is 12.5. The lowest BCUT2D eigenvalue weighted by Gasteiger charge is -2.22. The van der Waals surface area contributed by atoms with Crippen LogP contribution in [-0.4, -0.2) is 48.1 Å². The molecule has 78 valence electrons. The molecule has 1 N–H and O–H groups in total. The van der Waals surface area contributed by atoms with Gasteiger partial charge in [0, 0.05) is 13.1 Å². The zero-order valence-corrected chi connectivity index (χ0v) is 6.89. The summed E-state index contributed by atoms with van der Waals surface area (Å²) in [6.07, 6.45) is -3.92. The van der Waals surface area contributed by atoms with Crippen LogP contribution in [0, 0.1) is 0 Å². The van der Waals surface area contributed by atoms with Gasteiger partial charge in [-0.25, -0.2) is 8.78 Å². The molecule has 1 atom stereocenters. The van der Waals surface area contributed by atoms with E-state index in [9.17, 15) is 17.6 Å². The summed E-state index contributed by atoms with van der Waals surface area (Å²) in [6, 6.07) is 0. The first kappa shape index (κ1) is 10.7. The van der Waals surface area contributed by atoms with Gasteiger partial charge in [-0.3, -0.25) is 4.90 Å². The fourth-order valence-corrected chi connectivity index (χ4v) is 1.32. The molecule has 1 unspecified atom stereocenters. The minimum absolute atomic E-state index is 0.0578. The van der Waals surface area contributed by atoms with Crippen LogP contribution in [0.1, 0.15) is 6.42 Å². The Hall–Kier alpha value is -0.360. The van der Waals surface area contributed by atoms with E-state index in [2.05, 4.69) is 0 Å². The van der Waals surface area contributed by atoms with E-state index in [0.29, 0.717) is 6.42 Å². The van der Waals surface area contributed by atoms with Gasteiger partial charge in [0.25, 0.3) is 0 Å². The molecule has 0 aromatic carbocycles. The van der Waals surface area contributed by atoms with E-state index >= 15 is 0 Å². The molecule has 1 rings (SSSR count). The Bertz CT molecular complexity index is 176. The zero-order valence-electron chi connectivity index (χ0n) is 6.89. The van der Waals surface area contributed by atoms with Crippen molar-refractivity contribution in [3.8, 4) is 0 Å². The van der Waals surface area contributed by atoms with Crippen LogP contribution < -0.4 is 0 Å². The molecule has 0 spiro atoms. The largest absolute Gasteiger partial charge is 0.392 e. The Morgan fingerprint density at radius 3 is 2.46 bits per heavy atom. The maximum absolute atomic E-state index is 12.5. The zero-order chi connectivity index (χ0) is 10.1. The van der Waals surface area contributed by atoms with Crippen LogP contribution >= 0.6 is 0 Å². The van der Waals surface area contributed by atoms with Crippen molar-refractivity contribution in [1.82, 2.24) is 4.90 Å². The highest BCUT2D eigenvalue weighted by Crippen LogP contribution is 2.25. The molecular weight excluding hydrogens is 190 g/mol. The van der Waals surface area contributed by atoms with E-state index in [-0.39, 0.29) is 13.1 Å². The van der Waals surface area contributed by atoms with Crippen molar-refractivity contribution in [3.63, 3.8) is 0 Å². The molecule has 13 heavy (non-hydrogen) atoms. The second kappa shape index (κ2) is 3.79. The van der Waals surface area contributed by atoms with Crippen LogP contribution in [0.4, 0.5) is 17.6 Å². The number of rotatable bonds is 3. The predicted molar refractivity (Wildman–Crippen MR) is 38.0 cm³/mol. The number of likely N-dealkylation sites (tertiary alicyclic amines) is 1. The predicted octanol–water partition coefficient (Wildman–Crippen LogP) is 0.953. The molecule has 0 bridgehead atoms. The van der Waals surface area contributed by atoms with E-state index in [1.165, 1.54) is 0 Å². The van der Waals surface area contributed by atoms with Crippen molar-refractivity contribution in [2.45, 2.75) is 24.9 Å². The van der Waals surface area contributed by atoms with Gasteiger partial charge in [-0.2, -0.15) is 8.78 Å². The number of hydrogen-bond acceptors (Lipinski definition) is 2. The van der Waals surface area contributed by atoms with Crippen LogP contribution in [0.3, 0.4) is 0 Å². The molecule has 0 aromatic heterocycles. The average molecular weight is 201 g/mol. The maximum Gasteiger partial charge on any atom is 0.319 e. The number of halogens is 4. The van der Waals surface area contributed by atoms with Crippen LogP contribution in [0.15, 0.2) is 0 Å². The van der Waals surface area contributed by atoms with Crippen molar-refractivity contribution in [3.05, 3.63) is 0 Å². The Kier molecular flexibility index (Phi) is 3.13.